The average molecular weight is 242 g/mol. The van der Waals surface area contributed by atoms with E-state index in [0.29, 0.717) is 6.42 Å². The molecule has 1 N–H and O–H groups in total. The Bertz CT molecular complexity index is 192. The van der Waals surface area contributed by atoms with Gasteiger partial charge >= 0.3 is 12.1 Å². The molecule has 0 spiro atoms. The van der Waals surface area contributed by atoms with E-state index in [0.717, 1.165) is 32.1 Å². The highest BCUT2D eigenvalue weighted by atomic mass is 19.4. The molecule has 0 aliphatic rings. The van der Waals surface area contributed by atoms with Crippen LogP contribution in [0.2, 0.25) is 0 Å². The van der Waals surface area contributed by atoms with Crippen LogP contribution in [0, 0.1) is 0 Å². The lowest BCUT2D eigenvalue weighted by atomic mass is 10.1. The van der Waals surface area contributed by atoms with Crippen LogP contribution in [0.25, 0.3) is 0 Å². The van der Waals surface area contributed by atoms with Gasteiger partial charge in [0, 0.05) is 6.61 Å². The summed E-state index contributed by atoms with van der Waals surface area (Å²) in [5, 5.41) is 8.48. The first-order chi connectivity index (χ1) is 7.48. The molecule has 0 radical (unpaired) electrons. The van der Waals surface area contributed by atoms with Crippen molar-refractivity contribution in [2.75, 3.05) is 13.2 Å². The van der Waals surface area contributed by atoms with Crippen molar-refractivity contribution in [2.24, 2.45) is 0 Å². The summed E-state index contributed by atoms with van der Waals surface area (Å²) in [5.41, 5.74) is 0. The van der Waals surface area contributed by atoms with E-state index >= 15 is 0 Å². The van der Waals surface area contributed by atoms with Crippen LogP contribution in [0.3, 0.4) is 0 Å². The van der Waals surface area contributed by atoms with E-state index in [1.54, 1.807) is 0 Å². The summed E-state index contributed by atoms with van der Waals surface area (Å²) in [6, 6.07) is 0. The molecule has 6 heteroatoms. The minimum absolute atomic E-state index is 0.170. The van der Waals surface area contributed by atoms with Crippen molar-refractivity contribution >= 4 is 5.97 Å². The summed E-state index contributed by atoms with van der Waals surface area (Å²) < 4.78 is 39.0. The van der Waals surface area contributed by atoms with Crippen molar-refractivity contribution in [3.63, 3.8) is 0 Å². The van der Waals surface area contributed by atoms with Gasteiger partial charge in [0.1, 0.15) is 0 Å². The Hall–Kier alpha value is -0.780. The molecule has 0 bridgehead atoms. The summed E-state index contributed by atoms with van der Waals surface area (Å²) in [6.07, 6.45) is -0.224. The lowest BCUT2D eigenvalue weighted by Crippen LogP contribution is -2.25. The van der Waals surface area contributed by atoms with Crippen LogP contribution < -0.4 is 0 Å². The number of carbonyl (C=O) groups excluding carboxylic acids is 1. The van der Waals surface area contributed by atoms with Gasteiger partial charge in [-0.25, -0.2) is 4.79 Å². The molecular weight excluding hydrogens is 225 g/mol. The van der Waals surface area contributed by atoms with Gasteiger partial charge in [-0.3, -0.25) is 0 Å². The SMILES string of the molecule is O=C(OCCCCCCCCO)C(F)(F)F. The second-order valence-electron chi connectivity index (χ2n) is 3.48. The Morgan fingerprint density at radius 1 is 1.00 bits per heavy atom. The lowest BCUT2D eigenvalue weighted by Gasteiger charge is -2.06. The zero-order chi connectivity index (χ0) is 12.4. The number of hydrogen-bond donors (Lipinski definition) is 1. The quantitative estimate of drug-likeness (QED) is 0.525. The standard InChI is InChI=1S/C10H17F3O3/c11-10(12,13)9(15)16-8-6-4-2-1-3-5-7-14/h14H,1-8H2. The third-order valence-corrected chi connectivity index (χ3v) is 2.02. The number of rotatable bonds is 8. The number of hydrogen-bond acceptors (Lipinski definition) is 3. The van der Waals surface area contributed by atoms with E-state index in [9.17, 15) is 18.0 Å². The molecule has 0 aromatic carbocycles. The number of unbranched alkanes of at least 4 members (excludes halogenated alkanes) is 5. The number of aliphatic hydroxyl groups is 1. The molecule has 0 aromatic heterocycles. The van der Waals surface area contributed by atoms with Crippen LogP contribution in [0.4, 0.5) is 13.2 Å². The first-order valence-electron chi connectivity index (χ1n) is 5.33. The van der Waals surface area contributed by atoms with Crippen molar-refractivity contribution in [1.29, 1.82) is 0 Å². The fourth-order valence-electron chi connectivity index (χ4n) is 1.17. The summed E-state index contributed by atoms with van der Waals surface area (Å²) in [7, 11) is 0. The van der Waals surface area contributed by atoms with E-state index in [1.807, 2.05) is 0 Å². The van der Waals surface area contributed by atoms with Crippen molar-refractivity contribution in [2.45, 2.75) is 44.7 Å². The first-order valence-corrected chi connectivity index (χ1v) is 5.33. The maximum atomic E-state index is 11.7. The Morgan fingerprint density at radius 2 is 1.50 bits per heavy atom. The molecule has 0 amide bonds. The van der Waals surface area contributed by atoms with E-state index < -0.39 is 12.1 Å². The van der Waals surface area contributed by atoms with Crippen molar-refractivity contribution in [1.82, 2.24) is 0 Å². The van der Waals surface area contributed by atoms with Crippen LogP contribution >= 0.6 is 0 Å². The molecule has 0 atom stereocenters. The van der Waals surface area contributed by atoms with Gasteiger partial charge in [-0.2, -0.15) is 13.2 Å². The Kier molecular flexibility index (Phi) is 7.97. The van der Waals surface area contributed by atoms with Crippen LogP contribution in [-0.2, 0) is 9.53 Å². The predicted octanol–water partition coefficient (Wildman–Crippen LogP) is 2.42. The molecular formula is C10H17F3O3. The zero-order valence-electron chi connectivity index (χ0n) is 9.05. The molecule has 16 heavy (non-hydrogen) atoms. The van der Waals surface area contributed by atoms with Crippen LogP contribution in [0.5, 0.6) is 0 Å². The average Bonchev–Trinajstić information content (AvgIpc) is 2.20. The second-order valence-corrected chi connectivity index (χ2v) is 3.48. The summed E-state index contributed by atoms with van der Waals surface area (Å²) in [4.78, 5) is 10.3. The number of aliphatic hydroxyl groups excluding tert-OH is 1. The zero-order valence-corrected chi connectivity index (χ0v) is 9.05. The Labute approximate surface area is 92.6 Å². The number of ether oxygens (including phenoxy) is 1. The Balaban J connectivity index is 3.25. The summed E-state index contributed by atoms with van der Waals surface area (Å²) in [5.74, 6) is -2.12. The van der Waals surface area contributed by atoms with Gasteiger partial charge in [-0.15, -0.1) is 0 Å². The van der Waals surface area contributed by atoms with E-state index in [-0.39, 0.29) is 13.2 Å². The molecule has 0 unspecified atom stereocenters. The molecule has 0 aliphatic heterocycles. The maximum Gasteiger partial charge on any atom is 0.490 e. The van der Waals surface area contributed by atoms with E-state index in [2.05, 4.69) is 4.74 Å². The van der Waals surface area contributed by atoms with E-state index in [1.165, 1.54) is 0 Å². The van der Waals surface area contributed by atoms with Gasteiger partial charge in [0.2, 0.25) is 0 Å². The molecule has 3 nitrogen and oxygen atoms in total. The minimum Gasteiger partial charge on any atom is -0.459 e. The van der Waals surface area contributed by atoms with Crippen LogP contribution in [0.1, 0.15) is 38.5 Å². The monoisotopic (exact) mass is 242 g/mol. The molecule has 0 aromatic rings. The third kappa shape index (κ3) is 8.52. The number of halogens is 3. The van der Waals surface area contributed by atoms with Gasteiger partial charge < -0.3 is 9.84 Å². The Morgan fingerprint density at radius 3 is 2.00 bits per heavy atom. The van der Waals surface area contributed by atoms with Gasteiger partial charge in [-0.1, -0.05) is 25.7 Å². The molecule has 0 heterocycles. The van der Waals surface area contributed by atoms with Crippen LogP contribution in [0.15, 0.2) is 0 Å². The molecule has 0 saturated heterocycles. The largest absolute Gasteiger partial charge is 0.490 e. The molecule has 0 aliphatic carbocycles. The maximum absolute atomic E-state index is 11.7. The summed E-state index contributed by atoms with van der Waals surface area (Å²) >= 11 is 0. The number of alkyl halides is 3. The second kappa shape index (κ2) is 8.38. The highest BCUT2D eigenvalue weighted by Gasteiger charge is 2.40. The highest BCUT2D eigenvalue weighted by Crippen LogP contribution is 2.16. The van der Waals surface area contributed by atoms with E-state index in [4.69, 9.17) is 5.11 Å². The molecule has 0 rings (SSSR count). The van der Waals surface area contributed by atoms with Gasteiger partial charge in [0.25, 0.3) is 0 Å². The van der Waals surface area contributed by atoms with Gasteiger partial charge in [0.05, 0.1) is 6.61 Å². The normalized spacial score (nSPS) is 11.5. The van der Waals surface area contributed by atoms with Crippen LogP contribution in [-0.4, -0.2) is 30.5 Å². The van der Waals surface area contributed by atoms with Crippen molar-refractivity contribution in [3.8, 4) is 0 Å². The van der Waals surface area contributed by atoms with Crippen molar-refractivity contribution < 1.29 is 27.8 Å². The van der Waals surface area contributed by atoms with Gasteiger partial charge in [0.15, 0.2) is 0 Å². The third-order valence-electron chi connectivity index (χ3n) is 2.02. The number of esters is 1. The topological polar surface area (TPSA) is 46.5 Å². The highest BCUT2D eigenvalue weighted by molar-refractivity contribution is 5.75. The molecule has 0 fully saturated rings. The minimum atomic E-state index is -4.89. The number of carbonyl (C=O) groups is 1. The summed E-state index contributed by atoms with van der Waals surface area (Å²) in [6.45, 7) is -0.0124. The van der Waals surface area contributed by atoms with Crippen molar-refractivity contribution in [3.05, 3.63) is 0 Å². The smallest absolute Gasteiger partial charge is 0.459 e. The molecule has 96 valence electrons. The molecule has 0 saturated carbocycles. The lowest BCUT2D eigenvalue weighted by molar-refractivity contribution is -0.199. The first kappa shape index (κ1) is 15.2. The fraction of sp³-hybridized carbons (Fsp3) is 0.900. The fourth-order valence-corrected chi connectivity index (χ4v) is 1.17. The van der Waals surface area contributed by atoms with Gasteiger partial charge in [-0.05, 0) is 12.8 Å². The predicted molar refractivity (Wildman–Crippen MR) is 51.8 cm³/mol.